The summed E-state index contributed by atoms with van der Waals surface area (Å²) in [5.74, 6) is -1.71. The zero-order chi connectivity index (χ0) is 6.85. The SMILES string of the molecule is Cc1nnc(C(=O)[O-])o1.[Na+]. The van der Waals surface area contributed by atoms with Crippen molar-refractivity contribution in [1.82, 2.24) is 10.2 Å². The molecule has 0 saturated carbocycles. The van der Waals surface area contributed by atoms with Crippen molar-refractivity contribution in [1.29, 1.82) is 0 Å². The van der Waals surface area contributed by atoms with Crippen molar-refractivity contribution in [2.75, 3.05) is 0 Å². The van der Waals surface area contributed by atoms with Gasteiger partial charge >= 0.3 is 29.6 Å². The van der Waals surface area contributed by atoms with Crippen molar-refractivity contribution in [3.8, 4) is 0 Å². The van der Waals surface area contributed by atoms with E-state index >= 15 is 0 Å². The first kappa shape index (κ1) is 9.61. The van der Waals surface area contributed by atoms with Gasteiger partial charge in [0.1, 0.15) is 5.97 Å². The number of carboxylic acids is 1. The molecule has 1 aromatic heterocycles. The smallest absolute Gasteiger partial charge is 0.540 e. The van der Waals surface area contributed by atoms with E-state index in [2.05, 4.69) is 14.6 Å². The van der Waals surface area contributed by atoms with Crippen LogP contribution < -0.4 is 34.7 Å². The summed E-state index contributed by atoms with van der Waals surface area (Å²) < 4.78 is 4.46. The van der Waals surface area contributed by atoms with E-state index in [4.69, 9.17) is 0 Å². The standard InChI is InChI=1S/C4H4N2O3.Na/c1-2-5-6-3(9-2)4(7)8;/h1H3,(H,7,8);/q;+1/p-1. The molecule has 1 heterocycles. The summed E-state index contributed by atoms with van der Waals surface area (Å²) in [7, 11) is 0. The van der Waals surface area contributed by atoms with Crippen molar-refractivity contribution in [2.24, 2.45) is 0 Å². The van der Waals surface area contributed by atoms with Crippen LogP contribution in [0.15, 0.2) is 4.42 Å². The third-order valence-electron chi connectivity index (χ3n) is 0.701. The fraction of sp³-hybridized carbons (Fsp3) is 0.250. The quantitative estimate of drug-likeness (QED) is 0.379. The predicted molar refractivity (Wildman–Crippen MR) is 23.4 cm³/mol. The van der Waals surface area contributed by atoms with Crippen molar-refractivity contribution < 1.29 is 43.9 Å². The van der Waals surface area contributed by atoms with E-state index in [9.17, 15) is 9.90 Å². The number of aromatic carboxylic acids is 1. The molecule has 0 aromatic carbocycles. The van der Waals surface area contributed by atoms with Gasteiger partial charge < -0.3 is 14.3 Å². The first-order valence-corrected chi connectivity index (χ1v) is 2.21. The molecule has 5 nitrogen and oxygen atoms in total. The van der Waals surface area contributed by atoms with Crippen LogP contribution in [0.1, 0.15) is 16.6 Å². The van der Waals surface area contributed by atoms with Crippen LogP contribution in [0.3, 0.4) is 0 Å². The summed E-state index contributed by atoms with van der Waals surface area (Å²) in [4.78, 5) is 9.91. The van der Waals surface area contributed by atoms with Crippen molar-refractivity contribution in [3.63, 3.8) is 0 Å². The number of carboxylic acid groups (broad SMARTS) is 1. The maximum absolute atomic E-state index is 9.91. The minimum Gasteiger partial charge on any atom is -0.540 e. The molecule has 0 atom stereocenters. The van der Waals surface area contributed by atoms with E-state index in [1.165, 1.54) is 6.92 Å². The number of nitrogens with zero attached hydrogens (tertiary/aromatic N) is 2. The zero-order valence-electron chi connectivity index (χ0n) is 5.62. The fourth-order valence-electron chi connectivity index (χ4n) is 0.379. The Morgan fingerprint density at radius 3 is 2.40 bits per heavy atom. The molecule has 0 aliphatic heterocycles. The molecule has 1 rings (SSSR count). The Balaban J connectivity index is 0.000000810. The number of hydrogen-bond acceptors (Lipinski definition) is 5. The zero-order valence-corrected chi connectivity index (χ0v) is 7.62. The van der Waals surface area contributed by atoms with E-state index in [0.29, 0.717) is 0 Å². The first-order chi connectivity index (χ1) is 4.20. The van der Waals surface area contributed by atoms with Gasteiger partial charge in [-0.3, -0.25) is 0 Å². The number of carbonyl (C=O) groups excluding carboxylic acids is 1. The van der Waals surface area contributed by atoms with Crippen LogP contribution in [0, 0.1) is 6.92 Å². The van der Waals surface area contributed by atoms with Crippen molar-refractivity contribution >= 4 is 5.97 Å². The summed E-state index contributed by atoms with van der Waals surface area (Å²) in [6.07, 6.45) is 0. The Morgan fingerprint density at radius 2 is 2.20 bits per heavy atom. The molecule has 0 amide bonds. The summed E-state index contributed by atoms with van der Waals surface area (Å²) in [5.41, 5.74) is 0. The van der Waals surface area contributed by atoms with E-state index in [-0.39, 0.29) is 35.4 Å². The van der Waals surface area contributed by atoms with Gasteiger partial charge in [0.15, 0.2) is 0 Å². The molecule has 0 saturated heterocycles. The number of rotatable bonds is 1. The number of aromatic nitrogens is 2. The molecule has 1 aromatic rings. The van der Waals surface area contributed by atoms with Gasteiger partial charge in [-0.1, -0.05) is 0 Å². The molecule has 0 unspecified atom stereocenters. The van der Waals surface area contributed by atoms with Gasteiger partial charge in [0.25, 0.3) is 5.89 Å². The van der Waals surface area contributed by atoms with Gasteiger partial charge in [-0.05, 0) is 0 Å². The van der Waals surface area contributed by atoms with Gasteiger partial charge in [-0.25, -0.2) is 0 Å². The Hall–Kier alpha value is -0.390. The van der Waals surface area contributed by atoms with Crippen LogP contribution >= 0.6 is 0 Å². The minimum atomic E-state index is -1.45. The third kappa shape index (κ3) is 2.09. The van der Waals surface area contributed by atoms with E-state index < -0.39 is 11.9 Å². The minimum absolute atomic E-state index is 0. The van der Waals surface area contributed by atoms with Crippen LogP contribution in [0.25, 0.3) is 0 Å². The normalized spacial score (nSPS) is 8.50. The van der Waals surface area contributed by atoms with Crippen LogP contribution in [0.4, 0.5) is 0 Å². The third-order valence-corrected chi connectivity index (χ3v) is 0.701. The largest absolute Gasteiger partial charge is 1.00 e. The molecule has 10 heavy (non-hydrogen) atoms. The molecular weight excluding hydrogens is 147 g/mol. The molecule has 0 spiro atoms. The molecule has 0 aliphatic carbocycles. The fourth-order valence-corrected chi connectivity index (χ4v) is 0.379. The molecule has 0 fully saturated rings. The van der Waals surface area contributed by atoms with Gasteiger partial charge in [0.2, 0.25) is 5.89 Å². The van der Waals surface area contributed by atoms with Crippen LogP contribution in [0.5, 0.6) is 0 Å². The molecule has 6 heteroatoms. The summed E-state index contributed by atoms with van der Waals surface area (Å²) in [6.45, 7) is 1.50. The van der Waals surface area contributed by atoms with Gasteiger partial charge in [-0.2, -0.15) is 0 Å². The van der Waals surface area contributed by atoms with Crippen LogP contribution in [0.2, 0.25) is 0 Å². The van der Waals surface area contributed by atoms with Crippen molar-refractivity contribution in [2.45, 2.75) is 6.92 Å². The summed E-state index contributed by atoms with van der Waals surface area (Å²) >= 11 is 0. The van der Waals surface area contributed by atoms with Crippen LogP contribution in [-0.4, -0.2) is 16.2 Å². The Bertz CT molecular complexity index is 234. The summed E-state index contributed by atoms with van der Waals surface area (Å²) in [5, 5.41) is 16.3. The molecule has 0 bridgehead atoms. The van der Waals surface area contributed by atoms with Crippen molar-refractivity contribution in [3.05, 3.63) is 11.8 Å². The molecule has 0 N–H and O–H groups in total. The second-order valence-electron chi connectivity index (χ2n) is 1.41. The summed E-state index contributed by atoms with van der Waals surface area (Å²) in [6, 6.07) is 0. The van der Waals surface area contributed by atoms with Gasteiger partial charge in [0, 0.05) is 6.92 Å². The molecule has 48 valence electrons. The number of hydrogen-bond donors (Lipinski definition) is 0. The first-order valence-electron chi connectivity index (χ1n) is 2.21. The maximum atomic E-state index is 9.91. The van der Waals surface area contributed by atoms with E-state index in [1.807, 2.05) is 0 Å². The maximum Gasteiger partial charge on any atom is 1.00 e. The number of carbonyl (C=O) groups is 1. The molecular formula is C4H3N2NaO3. The Kier molecular flexibility index (Phi) is 3.55. The average molecular weight is 150 g/mol. The predicted octanol–water partition coefficient (Wildman–Crippen LogP) is -4.25. The topological polar surface area (TPSA) is 79.0 Å². The van der Waals surface area contributed by atoms with Gasteiger partial charge in [-0.15, -0.1) is 10.2 Å². The monoisotopic (exact) mass is 150 g/mol. The average Bonchev–Trinajstić information content (AvgIpc) is 2.14. The van der Waals surface area contributed by atoms with Gasteiger partial charge in [0.05, 0.1) is 0 Å². The Labute approximate surface area is 78.7 Å². The van der Waals surface area contributed by atoms with Crippen LogP contribution in [-0.2, 0) is 0 Å². The number of aryl methyl sites for hydroxylation is 1. The second-order valence-corrected chi connectivity index (χ2v) is 1.41. The molecule has 0 aliphatic rings. The van der Waals surface area contributed by atoms with E-state index in [1.54, 1.807) is 0 Å². The second kappa shape index (κ2) is 3.70. The van der Waals surface area contributed by atoms with E-state index in [0.717, 1.165) is 0 Å². The Morgan fingerprint density at radius 1 is 1.60 bits per heavy atom. The molecule has 0 radical (unpaired) electrons.